The molecule has 0 spiro atoms. The van der Waals surface area contributed by atoms with Crippen molar-refractivity contribution in [1.82, 2.24) is 9.97 Å². The number of ether oxygens (including phenoxy) is 2. The number of methoxy groups -OCH3 is 1. The van der Waals surface area contributed by atoms with Gasteiger partial charge in [0.1, 0.15) is 17.7 Å². The predicted molar refractivity (Wildman–Crippen MR) is 76.9 cm³/mol. The van der Waals surface area contributed by atoms with Crippen LogP contribution in [0.3, 0.4) is 0 Å². The fraction of sp³-hybridized carbons (Fsp3) is 0.714. The van der Waals surface area contributed by atoms with E-state index in [2.05, 4.69) is 22.2 Å². The summed E-state index contributed by atoms with van der Waals surface area (Å²) in [4.78, 5) is 8.96. The third-order valence-electron chi connectivity index (χ3n) is 2.72. The summed E-state index contributed by atoms with van der Waals surface area (Å²) < 4.78 is 10.9. The molecule has 0 aliphatic carbocycles. The van der Waals surface area contributed by atoms with E-state index in [0.29, 0.717) is 12.5 Å². The predicted octanol–water partition coefficient (Wildman–Crippen LogP) is 2.58. The van der Waals surface area contributed by atoms with E-state index in [-0.39, 0.29) is 6.10 Å². The Morgan fingerprint density at radius 1 is 1.26 bits per heavy atom. The van der Waals surface area contributed by atoms with Gasteiger partial charge in [0.25, 0.3) is 0 Å². The summed E-state index contributed by atoms with van der Waals surface area (Å²) in [5.74, 6) is 2.31. The largest absolute Gasteiger partial charge is 0.472 e. The van der Waals surface area contributed by atoms with E-state index in [9.17, 15) is 0 Å². The first-order chi connectivity index (χ1) is 9.12. The first-order valence-electron chi connectivity index (χ1n) is 6.89. The minimum absolute atomic E-state index is 0.0256. The molecule has 1 atom stereocenters. The molecule has 0 saturated heterocycles. The average molecular weight is 267 g/mol. The van der Waals surface area contributed by atoms with Crippen LogP contribution in [0.15, 0.2) is 0 Å². The molecule has 0 fully saturated rings. The van der Waals surface area contributed by atoms with Gasteiger partial charge in [-0.1, -0.05) is 13.8 Å². The average Bonchev–Trinajstić information content (AvgIpc) is 2.40. The van der Waals surface area contributed by atoms with Crippen molar-refractivity contribution in [3.63, 3.8) is 0 Å². The molecular formula is C14H25N3O2. The van der Waals surface area contributed by atoms with Crippen LogP contribution in [-0.2, 0) is 11.2 Å². The van der Waals surface area contributed by atoms with Crippen LogP contribution in [-0.4, -0.2) is 36.3 Å². The molecular weight excluding hydrogens is 242 g/mol. The minimum Gasteiger partial charge on any atom is -0.472 e. The number of aromatic nitrogens is 2. The van der Waals surface area contributed by atoms with Crippen LogP contribution < -0.4 is 10.1 Å². The fourth-order valence-electron chi connectivity index (χ4n) is 1.69. The number of aryl methyl sites for hydroxylation is 1. The van der Waals surface area contributed by atoms with Crippen LogP contribution in [0, 0.1) is 6.92 Å². The van der Waals surface area contributed by atoms with Gasteiger partial charge in [-0.15, -0.1) is 0 Å². The molecule has 1 unspecified atom stereocenters. The lowest BCUT2D eigenvalue weighted by Crippen LogP contribution is -2.20. The second kappa shape index (κ2) is 7.94. The maximum Gasteiger partial charge on any atom is 0.222 e. The van der Waals surface area contributed by atoms with Gasteiger partial charge < -0.3 is 14.8 Å². The maximum atomic E-state index is 5.83. The first-order valence-corrected chi connectivity index (χ1v) is 6.89. The molecule has 1 heterocycles. The molecule has 0 radical (unpaired) electrons. The summed E-state index contributed by atoms with van der Waals surface area (Å²) in [7, 11) is 1.67. The van der Waals surface area contributed by atoms with Crippen LogP contribution in [0.25, 0.3) is 0 Å². The van der Waals surface area contributed by atoms with Crippen molar-refractivity contribution in [3.8, 4) is 5.88 Å². The lowest BCUT2D eigenvalue weighted by atomic mass is 10.3. The Morgan fingerprint density at radius 2 is 2.00 bits per heavy atom. The Kier molecular flexibility index (Phi) is 6.56. The molecule has 0 bridgehead atoms. The Hall–Kier alpha value is -1.36. The van der Waals surface area contributed by atoms with Crippen molar-refractivity contribution in [1.29, 1.82) is 0 Å². The molecule has 1 N–H and O–H groups in total. The highest BCUT2D eigenvalue weighted by Crippen LogP contribution is 2.23. The van der Waals surface area contributed by atoms with Gasteiger partial charge in [0, 0.05) is 20.1 Å². The standard InChI is InChI=1S/C14H25N3O2/c1-6-8-15-13-11(4)14(17-12(7-2)16-13)19-10(3)9-18-5/h10H,6-9H2,1-5H3,(H,15,16,17). The van der Waals surface area contributed by atoms with E-state index in [0.717, 1.165) is 36.6 Å². The third kappa shape index (κ3) is 4.67. The highest BCUT2D eigenvalue weighted by molar-refractivity contribution is 5.48. The highest BCUT2D eigenvalue weighted by atomic mass is 16.5. The molecule has 5 nitrogen and oxygen atoms in total. The Morgan fingerprint density at radius 3 is 2.58 bits per heavy atom. The van der Waals surface area contributed by atoms with E-state index in [1.54, 1.807) is 7.11 Å². The minimum atomic E-state index is -0.0256. The number of rotatable bonds is 8. The number of nitrogens with zero attached hydrogens (tertiary/aromatic N) is 2. The van der Waals surface area contributed by atoms with Gasteiger partial charge in [0.15, 0.2) is 0 Å². The molecule has 19 heavy (non-hydrogen) atoms. The smallest absolute Gasteiger partial charge is 0.222 e. The summed E-state index contributed by atoms with van der Waals surface area (Å²) >= 11 is 0. The number of nitrogens with one attached hydrogen (secondary N) is 1. The van der Waals surface area contributed by atoms with Gasteiger partial charge in [0.2, 0.25) is 5.88 Å². The van der Waals surface area contributed by atoms with Crippen LogP contribution in [0.2, 0.25) is 0 Å². The zero-order valence-corrected chi connectivity index (χ0v) is 12.6. The van der Waals surface area contributed by atoms with E-state index in [4.69, 9.17) is 9.47 Å². The number of hydrogen-bond acceptors (Lipinski definition) is 5. The number of hydrogen-bond donors (Lipinski definition) is 1. The van der Waals surface area contributed by atoms with Gasteiger partial charge in [-0.25, -0.2) is 4.98 Å². The lowest BCUT2D eigenvalue weighted by molar-refractivity contribution is 0.0882. The summed E-state index contributed by atoms with van der Waals surface area (Å²) in [5, 5.41) is 3.32. The summed E-state index contributed by atoms with van der Waals surface area (Å²) in [5.41, 5.74) is 0.952. The Bertz CT molecular complexity index is 397. The number of anilines is 1. The van der Waals surface area contributed by atoms with Crippen LogP contribution in [0.5, 0.6) is 5.88 Å². The second-order valence-electron chi connectivity index (χ2n) is 4.58. The lowest BCUT2D eigenvalue weighted by Gasteiger charge is -2.17. The highest BCUT2D eigenvalue weighted by Gasteiger charge is 2.13. The summed E-state index contributed by atoms with van der Waals surface area (Å²) in [6, 6.07) is 0. The van der Waals surface area contributed by atoms with Crippen LogP contribution in [0.4, 0.5) is 5.82 Å². The van der Waals surface area contributed by atoms with Crippen molar-refractivity contribution in [2.75, 3.05) is 25.6 Å². The molecule has 0 aliphatic heterocycles. The Balaban J connectivity index is 2.94. The third-order valence-corrected chi connectivity index (χ3v) is 2.72. The zero-order valence-electron chi connectivity index (χ0n) is 12.6. The molecule has 0 aliphatic rings. The summed E-state index contributed by atoms with van der Waals surface area (Å²) in [6.45, 7) is 9.55. The normalized spacial score (nSPS) is 12.3. The van der Waals surface area contributed by atoms with Crippen LogP contribution >= 0.6 is 0 Å². The summed E-state index contributed by atoms with van der Waals surface area (Å²) in [6.07, 6.45) is 1.82. The maximum absolute atomic E-state index is 5.83. The molecule has 108 valence electrons. The van der Waals surface area contributed by atoms with E-state index in [1.165, 1.54) is 0 Å². The molecule has 1 aromatic rings. The van der Waals surface area contributed by atoms with E-state index in [1.807, 2.05) is 20.8 Å². The zero-order chi connectivity index (χ0) is 14.3. The van der Waals surface area contributed by atoms with E-state index >= 15 is 0 Å². The molecule has 5 heteroatoms. The molecule has 1 rings (SSSR count). The van der Waals surface area contributed by atoms with Crippen LogP contribution in [0.1, 0.15) is 38.6 Å². The molecule has 0 amide bonds. The van der Waals surface area contributed by atoms with Crippen molar-refractivity contribution in [3.05, 3.63) is 11.4 Å². The van der Waals surface area contributed by atoms with Crippen molar-refractivity contribution in [2.45, 2.75) is 46.6 Å². The molecule has 0 saturated carbocycles. The fourth-order valence-corrected chi connectivity index (χ4v) is 1.69. The van der Waals surface area contributed by atoms with Gasteiger partial charge >= 0.3 is 0 Å². The quantitative estimate of drug-likeness (QED) is 0.784. The van der Waals surface area contributed by atoms with Gasteiger partial charge in [-0.05, 0) is 20.3 Å². The second-order valence-corrected chi connectivity index (χ2v) is 4.58. The SMILES string of the molecule is CCCNc1nc(CC)nc(OC(C)COC)c1C. The van der Waals surface area contributed by atoms with Crippen molar-refractivity contribution < 1.29 is 9.47 Å². The van der Waals surface area contributed by atoms with E-state index < -0.39 is 0 Å². The Labute approximate surface area is 115 Å². The molecule has 1 aromatic heterocycles. The first kappa shape index (κ1) is 15.7. The van der Waals surface area contributed by atoms with Gasteiger partial charge in [0.05, 0.1) is 12.2 Å². The van der Waals surface area contributed by atoms with Crippen molar-refractivity contribution in [2.24, 2.45) is 0 Å². The monoisotopic (exact) mass is 267 g/mol. The molecule has 0 aromatic carbocycles. The topological polar surface area (TPSA) is 56.3 Å². The van der Waals surface area contributed by atoms with Crippen molar-refractivity contribution >= 4 is 5.82 Å². The van der Waals surface area contributed by atoms with Gasteiger partial charge in [-0.2, -0.15) is 4.98 Å². The van der Waals surface area contributed by atoms with Gasteiger partial charge in [-0.3, -0.25) is 0 Å².